The second-order valence-electron chi connectivity index (χ2n) is 5.93. The van der Waals surface area contributed by atoms with E-state index in [1.165, 1.54) is 23.0 Å². The highest BCUT2D eigenvalue weighted by Gasteiger charge is 2.11. The number of hydrogen-bond donors (Lipinski definition) is 1. The van der Waals surface area contributed by atoms with Gasteiger partial charge < -0.3 is 4.74 Å². The number of nitrogens with one attached hydrogen (secondary N) is 1. The van der Waals surface area contributed by atoms with Crippen LogP contribution in [-0.4, -0.2) is 10.9 Å². The van der Waals surface area contributed by atoms with E-state index in [2.05, 4.69) is 10.3 Å². The van der Waals surface area contributed by atoms with Crippen molar-refractivity contribution in [3.8, 4) is 11.8 Å². The number of thiazole rings is 1. The number of carbonyl (C=O) groups excluding carboxylic acids is 1. The molecule has 140 valence electrons. The number of amides is 1. The van der Waals surface area contributed by atoms with Crippen LogP contribution in [0, 0.1) is 18.3 Å². The first-order chi connectivity index (χ1) is 13.5. The van der Waals surface area contributed by atoms with Gasteiger partial charge in [-0.1, -0.05) is 47.5 Å². The molecule has 2 aromatic carbocycles. The van der Waals surface area contributed by atoms with Crippen molar-refractivity contribution < 1.29 is 9.53 Å². The summed E-state index contributed by atoms with van der Waals surface area (Å²) in [6.07, 6.45) is 3.05. The molecule has 0 atom stereocenters. The molecule has 0 aliphatic carbocycles. The van der Waals surface area contributed by atoms with Gasteiger partial charge >= 0.3 is 0 Å². The maximum absolute atomic E-state index is 12.2. The molecule has 0 aliphatic rings. The van der Waals surface area contributed by atoms with Gasteiger partial charge in [-0.25, -0.2) is 4.98 Å². The first-order valence-electron chi connectivity index (χ1n) is 8.35. The first-order valence-corrected chi connectivity index (χ1v) is 9.61. The molecule has 0 saturated carbocycles. The van der Waals surface area contributed by atoms with Crippen LogP contribution in [0.25, 0.3) is 6.08 Å². The van der Waals surface area contributed by atoms with Gasteiger partial charge in [0.05, 0.1) is 5.02 Å². The molecule has 0 saturated heterocycles. The lowest BCUT2D eigenvalue weighted by molar-refractivity contribution is -0.112. The Bertz CT molecular complexity index is 1040. The van der Waals surface area contributed by atoms with Gasteiger partial charge in [-0.15, -0.1) is 11.3 Å². The lowest BCUT2D eigenvalue weighted by Gasteiger charge is -2.09. The molecule has 7 heteroatoms. The van der Waals surface area contributed by atoms with Crippen LogP contribution in [0.4, 0.5) is 5.13 Å². The van der Waals surface area contributed by atoms with Crippen molar-refractivity contribution in [2.24, 2.45) is 0 Å². The average Bonchev–Trinajstić information content (AvgIpc) is 3.19. The van der Waals surface area contributed by atoms with Crippen LogP contribution >= 0.6 is 22.9 Å². The summed E-state index contributed by atoms with van der Waals surface area (Å²) < 4.78 is 5.76. The lowest BCUT2D eigenvalue weighted by atomic mass is 10.1. The van der Waals surface area contributed by atoms with Gasteiger partial charge in [0.2, 0.25) is 0 Å². The number of nitrogens with zero attached hydrogens (tertiary/aromatic N) is 2. The zero-order valence-electron chi connectivity index (χ0n) is 15.0. The fraction of sp³-hybridized carbons (Fsp3) is 0.0952. The summed E-state index contributed by atoms with van der Waals surface area (Å²) in [5.41, 5.74) is 2.81. The minimum Gasteiger partial charge on any atom is -0.487 e. The Balaban J connectivity index is 1.69. The zero-order chi connectivity index (χ0) is 19.9. The van der Waals surface area contributed by atoms with E-state index in [0.29, 0.717) is 28.1 Å². The number of benzene rings is 2. The Morgan fingerprint density at radius 1 is 1.32 bits per heavy atom. The van der Waals surface area contributed by atoms with E-state index in [4.69, 9.17) is 16.3 Å². The number of carbonyl (C=O) groups is 1. The van der Waals surface area contributed by atoms with Crippen LogP contribution in [0.5, 0.6) is 5.75 Å². The van der Waals surface area contributed by atoms with E-state index in [9.17, 15) is 10.1 Å². The number of aromatic nitrogens is 1. The predicted molar refractivity (Wildman–Crippen MR) is 111 cm³/mol. The molecule has 1 aromatic heterocycles. The second-order valence-corrected chi connectivity index (χ2v) is 7.23. The molecule has 1 amide bonds. The number of aryl methyl sites for hydroxylation is 1. The van der Waals surface area contributed by atoms with Crippen molar-refractivity contribution in [1.82, 2.24) is 4.98 Å². The number of halogens is 1. The van der Waals surface area contributed by atoms with Gasteiger partial charge in [-0.3, -0.25) is 10.1 Å². The number of ether oxygens (including phenoxy) is 1. The van der Waals surface area contributed by atoms with Crippen LogP contribution in [0.1, 0.15) is 16.7 Å². The number of hydrogen-bond acceptors (Lipinski definition) is 5. The molecule has 0 radical (unpaired) electrons. The third-order valence-corrected chi connectivity index (χ3v) is 4.78. The summed E-state index contributed by atoms with van der Waals surface area (Å²) in [7, 11) is 0. The molecule has 0 spiro atoms. The maximum Gasteiger partial charge on any atom is 0.268 e. The van der Waals surface area contributed by atoms with Crippen molar-refractivity contribution in [2.75, 3.05) is 5.32 Å². The molecule has 1 N–H and O–H groups in total. The molecular formula is C21H16ClN3O2S. The largest absolute Gasteiger partial charge is 0.487 e. The van der Waals surface area contributed by atoms with Crippen LogP contribution in [0.15, 0.2) is 59.6 Å². The Hall–Kier alpha value is -3.14. The third kappa shape index (κ3) is 5.19. The highest BCUT2D eigenvalue weighted by atomic mass is 35.5. The monoisotopic (exact) mass is 409 g/mol. The molecule has 28 heavy (non-hydrogen) atoms. The van der Waals surface area contributed by atoms with E-state index in [0.717, 1.165) is 5.56 Å². The van der Waals surface area contributed by atoms with Gasteiger partial charge in [-0.05, 0) is 36.3 Å². The van der Waals surface area contributed by atoms with Crippen LogP contribution in [0.2, 0.25) is 5.02 Å². The van der Waals surface area contributed by atoms with E-state index < -0.39 is 5.91 Å². The molecule has 0 fully saturated rings. The van der Waals surface area contributed by atoms with Gasteiger partial charge in [0.1, 0.15) is 24.0 Å². The topological polar surface area (TPSA) is 75.0 Å². The normalized spacial score (nSPS) is 11.0. The fourth-order valence-electron chi connectivity index (χ4n) is 2.33. The quantitative estimate of drug-likeness (QED) is 0.446. The number of nitriles is 1. The highest BCUT2D eigenvalue weighted by Crippen LogP contribution is 2.27. The SMILES string of the molecule is Cc1ccc(COc2ccc(/C=C(/C#N)C(=O)Nc3nccs3)cc2Cl)cc1. The van der Waals surface area contributed by atoms with E-state index >= 15 is 0 Å². The van der Waals surface area contributed by atoms with Crippen LogP contribution in [-0.2, 0) is 11.4 Å². The maximum atomic E-state index is 12.2. The van der Waals surface area contributed by atoms with Crippen molar-refractivity contribution in [3.63, 3.8) is 0 Å². The Kier molecular flexibility index (Phi) is 6.43. The van der Waals surface area contributed by atoms with E-state index in [1.54, 1.807) is 29.8 Å². The molecule has 5 nitrogen and oxygen atoms in total. The molecular weight excluding hydrogens is 394 g/mol. The fourth-order valence-corrected chi connectivity index (χ4v) is 3.10. The minimum absolute atomic E-state index is 0.0420. The van der Waals surface area contributed by atoms with Crippen LogP contribution < -0.4 is 10.1 Å². The van der Waals surface area contributed by atoms with Crippen molar-refractivity contribution in [3.05, 3.63) is 81.3 Å². The van der Waals surface area contributed by atoms with Gasteiger partial charge in [-0.2, -0.15) is 5.26 Å². The first kappa shape index (κ1) is 19.6. The average molecular weight is 410 g/mol. The Morgan fingerprint density at radius 2 is 2.11 bits per heavy atom. The minimum atomic E-state index is -0.520. The number of rotatable bonds is 6. The van der Waals surface area contributed by atoms with Crippen LogP contribution in [0.3, 0.4) is 0 Å². The molecule has 0 bridgehead atoms. The summed E-state index contributed by atoms with van der Waals surface area (Å²) in [6, 6.07) is 15.1. The zero-order valence-corrected chi connectivity index (χ0v) is 16.6. The Labute approximate surface area is 171 Å². The third-order valence-electron chi connectivity index (χ3n) is 3.80. The molecule has 3 rings (SSSR count). The van der Waals surface area contributed by atoms with Crippen molar-refractivity contribution in [2.45, 2.75) is 13.5 Å². The summed E-state index contributed by atoms with van der Waals surface area (Å²) >= 11 is 7.57. The van der Waals surface area contributed by atoms with Crippen molar-refractivity contribution in [1.29, 1.82) is 5.26 Å². The molecule has 0 unspecified atom stereocenters. The Morgan fingerprint density at radius 3 is 2.75 bits per heavy atom. The lowest BCUT2D eigenvalue weighted by Crippen LogP contribution is -2.13. The van der Waals surface area contributed by atoms with Gasteiger partial charge in [0.25, 0.3) is 5.91 Å². The summed E-state index contributed by atoms with van der Waals surface area (Å²) in [6.45, 7) is 2.43. The summed E-state index contributed by atoms with van der Waals surface area (Å²) in [5, 5.41) is 14.4. The van der Waals surface area contributed by atoms with Gasteiger partial charge in [0, 0.05) is 11.6 Å². The van der Waals surface area contributed by atoms with E-state index in [1.807, 2.05) is 37.3 Å². The predicted octanol–water partition coefficient (Wildman–Crippen LogP) is 5.23. The molecule has 1 heterocycles. The second kappa shape index (κ2) is 9.18. The van der Waals surface area contributed by atoms with Gasteiger partial charge in [0.15, 0.2) is 5.13 Å². The van der Waals surface area contributed by atoms with Crippen molar-refractivity contribution >= 4 is 40.1 Å². The number of anilines is 1. The summed E-state index contributed by atoms with van der Waals surface area (Å²) in [5.74, 6) is 0.0124. The standard InChI is InChI=1S/C21H16ClN3O2S/c1-14-2-4-15(5-3-14)13-27-19-7-6-16(11-18(19)22)10-17(12-23)20(26)25-21-24-8-9-28-21/h2-11H,13H2,1H3,(H,24,25,26)/b17-10-. The highest BCUT2D eigenvalue weighted by molar-refractivity contribution is 7.13. The summed E-state index contributed by atoms with van der Waals surface area (Å²) in [4.78, 5) is 16.2. The molecule has 0 aliphatic heterocycles. The smallest absolute Gasteiger partial charge is 0.268 e. The van der Waals surface area contributed by atoms with E-state index in [-0.39, 0.29) is 5.57 Å². The molecule has 3 aromatic rings.